The fourth-order valence-corrected chi connectivity index (χ4v) is 4.06. The SMILES string of the molecule is CC(C)n1ncc(Br)c1C1(F)CC2CCC(C1)N2. The van der Waals surface area contributed by atoms with Crippen molar-refractivity contribution in [2.45, 2.75) is 63.3 Å². The topological polar surface area (TPSA) is 29.9 Å². The second kappa shape index (κ2) is 4.30. The maximum Gasteiger partial charge on any atom is 0.156 e. The summed E-state index contributed by atoms with van der Waals surface area (Å²) in [5, 5.41) is 7.81. The van der Waals surface area contributed by atoms with Crippen molar-refractivity contribution in [1.82, 2.24) is 15.1 Å². The average molecular weight is 316 g/mol. The van der Waals surface area contributed by atoms with Crippen molar-refractivity contribution in [3.05, 3.63) is 16.4 Å². The summed E-state index contributed by atoms with van der Waals surface area (Å²) in [7, 11) is 0. The molecule has 1 N–H and O–H groups in total. The van der Waals surface area contributed by atoms with Gasteiger partial charge >= 0.3 is 0 Å². The highest BCUT2D eigenvalue weighted by Crippen LogP contribution is 2.46. The highest BCUT2D eigenvalue weighted by Gasteiger charge is 2.48. The smallest absolute Gasteiger partial charge is 0.156 e. The zero-order valence-electron chi connectivity index (χ0n) is 10.8. The standard InChI is InChI=1S/C13H19BrFN3/c1-8(2)18-12(11(14)7-16-18)13(15)5-9-3-4-10(6-13)17-9/h7-10,17H,3-6H2,1-2H3. The monoisotopic (exact) mass is 315 g/mol. The highest BCUT2D eigenvalue weighted by atomic mass is 79.9. The zero-order valence-corrected chi connectivity index (χ0v) is 12.4. The van der Waals surface area contributed by atoms with Crippen LogP contribution in [0.25, 0.3) is 0 Å². The molecule has 100 valence electrons. The number of nitrogens with zero attached hydrogens (tertiary/aromatic N) is 2. The number of aromatic nitrogens is 2. The summed E-state index contributed by atoms with van der Waals surface area (Å²) in [6.45, 7) is 4.09. The van der Waals surface area contributed by atoms with Gasteiger partial charge in [-0.3, -0.25) is 4.68 Å². The van der Waals surface area contributed by atoms with Crippen LogP contribution in [-0.4, -0.2) is 21.9 Å². The van der Waals surface area contributed by atoms with E-state index in [4.69, 9.17) is 0 Å². The fourth-order valence-electron chi connectivity index (χ4n) is 3.43. The van der Waals surface area contributed by atoms with E-state index >= 15 is 4.39 Å². The van der Waals surface area contributed by atoms with Gasteiger partial charge < -0.3 is 5.32 Å². The molecule has 2 unspecified atom stereocenters. The van der Waals surface area contributed by atoms with Crippen molar-refractivity contribution in [3.63, 3.8) is 0 Å². The van der Waals surface area contributed by atoms with Crippen molar-refractivity contribution in [2.75, 3.05) is 0 Å². The average Bonchev–Trinajstić information content (AvgIpc) is 2.83. The first-order valence-corrected chi connectivity index (χ1v) is 7.47. The number of rotatable bonds is 2. The normalized spacial score (nSPS) is 35.4. The molecule has 3 heterocycles. The van der Waals surface area contributed by atoms with Crippen LogP contribution in [0.4, 0.5) is 4.39 Å². The summed E-state index contributed by atoms with van der Waals surface area (Å²) in [5.74, 6) is 0. The number of alkyl halides is 1. The van der Waals surface area contributed by atoms with Crippen molar-refractivity contribution in [2.24, 2.45) is 0 Å². The molecule has 0 amide bonds. The third-order valence-corrected chi connectivity index (χ3v) is 4.72. The van der Waals surface area contributed by atoms with Gasteiger partial charge in [-0.05, 0) is 42.6 Å². The lowest BCUT2D eigenvalue weighted by Gasteiger charge is -2.36. The van der Waals surface area contributed by atoms with Gasteiger partial charge in [-0.25, -0.2) is 4.39 Å². The zero-order chi connectivity index (χ0) is 12.9. The number of hydrogen-bond donors (Lipinski definition) is 1. The molecule has 2 saturated heterocycles. The minimum absolute atomic E-state index is 0.187. The second-order valence-corrected chi connectivity index (χ2v) is 6.75. The molecule has 1 aromatic rings. The van der Waals surface area contributed by atoms with Gasteiger partial charge in [0.1, 0.15) is 0 Å². The molecule has 0 aliphatic carbocycles. The Labute approximate surface area is 115 Å². The van der Waals surface area contributed by atoms with E-state index in [9.17, 15) is 0 Å². The van der Waals surface area contributed by atoms with Crippen LogP contribution < -0.4 is 5.32 Å². The van der Waals surface area contributed by atoms with Crippen molar-refractivity contribution in [3.8, 4) is 0 Å². The summed E-state index contributed by atoms with van der Waals surface area (Å²) < 4.78 is 18.1. The first-order chi connectivity index (χ1) is 8.49. The van der Waals surface area contributed by atoms with Gasteiger partial charge in [0.25, 0.3) is 0 Å². The maximum atomic E-state index is 15.4. The molecule has 3 nitrogen and oxygen atoms in total. The van der Waals surface area contributed by atoms with E-state index < -0.39 is 5.67 Å². The molecule has 3 rings (SSSR count). The third-order valence-electron chi connectivity index (χ3n) is 4.14. The lowest BCUT2D eigenvalue weighted by molar-refractivity contribution is 0.0748. The largest absolute Gasteiger partial charge is 0.311 e. The Morgan fingerprint density at radius 1 is 1.44 bits per heavy atom. The molecular weight excluding hydrogens is 297 g/mol. The summed E-state index contributed by atoms with van der Waals surface area (Å²) in [4.78, 5) is 0. The van der Waals surface area contributed by atoms with E-state index in [-0.39, 0.29) is 6.04 Å². The first kappa shape index (κ1) is 12.6. The molecule has 2 aliphatic rings. The minimum atomic E-state index is -1.24. The van der Waals surface area contributed by atoms with Gasteiger partial charge in [-0.2, -0.15) is 5.10 Å². The van der Waals surface area contributed by atoms with Crippen LogP contribution in [0.15, 0.2) is 10.7 Å². The van der Waals surface area contributed by atoms with Gasteiger partial charge in [-0.15, -0.1) is 0 Å². The molecule has 0 saturated carbocycles. The summed E-state index contributed by atoms with van der Waals surface area (Å²) in [5.41, 5.74) is -0.507. The minimum Gasteiger partial charge on any atom is -0.311 e. The third kappa shape index (κ3) is 1.92. The molecule has 2 atom stereocenters. The van der Waals surface area contributed by atoms with Gasteiger partial charge in [0, 0.05) is 31.0 Å². The Kier molecular flexibility index (Phi) is 3.01. The van der Waals surface area contributed by atoms with E-state index in [1.807, 2.05) is 18.5 Å². The van der Waals surface area contributed by atoms with Gasteiger partial charge in [-0.1, -0.05) is 0 Å². The van der Waals surface area contributed by atoms with E-state index in [0.29, 0.717) is 24.9 Å². The van der Waals surface area contributed by atoms with E-state index in [1.54, 1.807) is 6.20 Å². The Morgan fingerprint density at radius 3 is 2.61 bits per heavy atom. The number of halogens is 2. The lowest BCUT2D eigenvalue weighted by atomic mass is 9.86. The van der Waals surface area contributed by atoms with Crippen LogP contribution in [0.1, 0.15) is 51.3 Å². The predicted octanol–water partition coefficient (Wildman–Crippen LogP) is 3.31. The van der Waals surface area contributed by atoms with Crippen molar-refractivity contribution < 1.29 is 4.39 Å². The van der Waals surface area contributed by atoms with Crippen LogP contribution in [0.2, 0.25) is 0 Å². The molecular formula is C13H19BrFN3. The summed E-state index contributed by atoms with van der Waals surface area (Å²) >= 11 is 3.47. The van der Waals surface area contributed by atoms with E-state index in [0.717, 1.165) is 23.0 Å². The Morgan fingerprint density at radius 2 is 2.06 bits per heavy atom. The molecule has 2 aliphatic heterocycles. The number of fused-ring (bicyclic) bond motifs is 2. The van der Waals surface area contributed by atoms with Crippen molar-refractivity contribution >= 4 is 15.9 Å². The van der Waals surface area contributed by atoms with Crippen LogP contribution in [-0.2, 0) is 5.67 Å². The van der Waals surface area contributed by atoms with Crippen molar-refractivity contribution in [1.29, 1.82) is 0 Å². The van der Waals surface area contributed by atoms with Crippen LogP contribution >= 0.6 is 15.9 Å². The number of nitrogens with one attached hydrogen (secondary N) is 1. The maximum absolute atomic E-state index is 15.4. The van der Waals surface area contributed by atoms with Crippen LogP contribution in [0.5, 0.6) is 0 Å². The van der Waals surface area contributed by atoms with Gasteiger partial charge in [0.2, 0.25) is 0 Å². The Hall–Kier alpha value is -0.420. The molecule has 1 aromatic heterocycles. The number of hydrogen-bond acceptors (Lipinski definition) is 2. The first-order valence-electron chi connectivity index (χ1n) is 6.68. The Balaban J connectivity index is 2.01. The Bertz CT molecular complexity index is 445. The molecule has 2 fully saturated rings. The molecule has 2 bridgehead atoms. The lowest BCUT2D eigenvalue weighted by Crippen LogP contribution is -2.45. The molecule has 0 spiro atoms. The quantitative estimate of drug-likeness (QED) is 0.907. The molecule has 0 radical (unpaired) electrons. The number of piperidine rings is 1. The second-order valence-electron chi connectivity index (χ2n) is 5.89. The fraction of sp³-hybridized carbons (Fsp3) is 0.769. The van der Waals surface area contributed by atoms with Gasteiger partial charge in [0.15, 0.2) is 5.67 Å². The summed E-state index contributed by atoms with van der Waals surface area (Å²) in [6.07, 6.45) is 5.06. The van der Waals surface area contributed by atoms with E-state index in [2.05, 4.69) is 26.3 Å². The van der Waals surface area contributed by atoms with Gasteiger partial charge in [0.05, 0.1) is 16.4 Å². The predicted molar refractivity (Wildman–Crippen MR) is 72.3 cm³/mol. The molecule has 0 aromatic carbocycles. The highest BCUT2D eigenvalue weighted by molar-refractivity contribution is 9.10. The molecule has 18 heavy (non-hydrogen) atoms. The van der Waals surface area contributed by atoms with Crippen LogP contribution in [0.3, 0.4) is 0 Å². The summed E-state index contributed by atoms with van der Waals surface area (Å²) in [6, 6.07) is 0.846. The van der Waals surface area contributed by atoms with Crippen LogP contribution in [0, 0.1) is 0 Å². The van der Waals surface area contributed by atoms with E-state index in [1.165, 1.54) is 0 Å². The molecule has 5 heteroatoms.